The summed E-state index contributed by atoms with van der Waals surface area (Å²) in [6, 6.07) is 11.6. The molecule has 0 bridgehead atoms. The van der Waals surface area contributed by atoms with Crippen LogP contribution in [0.3, 0.4) is 0 Å². The van der Waals surface area contributed by atoms with Crippen LogP contribution in [0.25, 0.3) is 21.9 Å². The molecule has 0 aliphatic rings. The number of rotatable bonds is 3. The average Bonchev–Trinajstić information content (AvgIpc) is 2.68. The number of hydrazone groups is 1. The second-order valence-electron chi connectivity index (χ2n) is 6.08. The predicted molar refractivity (Wildman–Crippen MR) is 110 cm³/mol. The number of fused-ring (bicyclic) bond motifs is 2. The van der Waals surface area contributed by atoms with Crippen molar-refractivity contribution in [1.29, 1.82) is 0 Å². The topological polar surface area (TPSA) is 91.2 Å². The normalized spacial score (nSPS) is 11.5. The highest BCUT2D eigenvalue weighted by atomic mass is 35.5. The molecule has 28 heavy (non-hydrogen) atoms. The highest BCUT2D eigenvalue weighted by Crippen LogP contribution is 2.24. The Balaban J connectivity index is 1.74. The van der Waals surface area contributed by atoms with E-state index in [0.717, 1.165) is 5.39 Å². The number of nitrogens with one attached hydrogen (secondary N) is 1. The maximum Gasteiger partial charge on any atom is 0.305 e. The Hall–Kier alpha value is -3.16. The zero-order valence-electron chi connectivity index (χ0n) is 14.6. The molecule has 2 aromatic carbocycles. The number of aromatic nitrogens is 3. The first-order valence-corrected chi connectivity index (χ1v) is 8.99. The van der Waals surface area contributed by atoms with Crippen LogP contribution in [0.4, 0.5) is 5.69 Å². The van der Waals surface area contributed by atoms with Crippen LogP contribution < -0.4 is 14.9 Å². The van der Waals surface area contributed by atoms with Crippen LogP contribution in [0.15, 0.2) is 53.8 Å². The van der Waals surface area contributed by atoms with Gasteiger partial charge in [-0.1, -0.05) is 23.2 Å². The molecule has 0 fully saturated rings. The maximum absolute atomic E-state index is 12.7. The van der Waals surface area contributed by atoms with E-state index in [-0.39, 0.29) is 22.4 Å². The molecule has 2 heterocycles. The van der Waals surface area contributed by atoms with E-state index in [1.807, 2.05) is 6.07 Å². The molecular formula is C19H13Cl2N5O2. The molecule has 9 heteroatoms. The number of halogens is 2. The Kier molecular flexibility index (Phi) is 4.62. The number of benzene rings is 2. The van der Waals surface area contributed by atoms with Gasteiger partial charge in [0.15, 0.2) is 0 Å². The fourth-order valence-corrected chi connectivity index (χ4v) is 3.25. The molecule has 0 amide bonds. The van der Waals surface area contributed by atoms with Gasteiger partial charge in [0.1, 0.15) is 6.21 Å². The van der Waals surface area contributed by atoms with E-state index in [1.165, 1.54) is 18.3 Å². The number of nitrogens with zero attached hydrogens (tertiary/aromatic N) is 4. The van der Waals surface area contributed by atoms with Crippen molar-refractivity contribution in [2.75, 3.05) is 5.43 Å². The van der Waals surface area contributed by atoms with E-state index in [9.17, 15) is 10.4 Å². The predicted octanol–water partition coefficient (Wildman–Crippen LogP) is 3.72. The van der Waals surface area contributed by atoms with Crippen LogP contribution in [0.5, 0.6) is 0 Å². The highest BCUT2D eigenvalue weighted by molar-refractivity contribution is 6.31. The van der Waals surface area contributed by atoms with E-state index in [4.69, 9.17) is 23.2 Å². The summed E-state index contributed by atoms with van der Waals surface area (Å²) in [5.41, 5.74) is 5.02. The van der Waals surface area contributed by atoms with Gasteiger partial charge in [-0.15, -0.1) is 0 Å². The van der Waals surface area contributed by atoms with Gasteiger partial charge in [-0.25, -0.2) is 0 Å². The Morgan fingerprint density at radius 3 is 2.57 bits per heavy atom. The van der Waals surface area contributed by atoms with Gasteiger partial charge in [0.2, 0.25) is 0 Å². The molecule has 0 spiro atoms. The molecule has 4 rings (SSSR count). The molecule has 4 aromatic rings. The maximum atomic E-state index is 12.7. The number of hydrogen-bond acceptors (Lipinski definition) is 5. The summed E-state index contributed by atoms with van der Waals surface area (Å²) in [7, 11) is 0. The summed E-state index contributed by atoms with van der Waals surface area (Å²) >= 11 is 12.0. The Morgan fingerprint density at radius 1 is 1.00 bits per heavy atom. The largest absolute Gasteiger partial charge is 0.618 e. The SMILES string of the molecule is Cc1c(/C=N/Nc2ccnc3cc(Cl)ccc23)[n+]([O-])c2cc(Cl)ccc2[n+]1[O-]. The fourth-order valence-electron chi connectivity index (χ4n) is 2.92. The molecule has 0 aliphatic heterocycles. The fraction of sp³-hybridized carbons (Fsp3) is 0.0526. The molecular weight excluding hydrogens is 401 g/mol. The minimum absolute atomic E-state index is 0.110. The van der Waals surface area contributed by atoms with Crippen molar-refractivity contribution in [3.05, 3.63) is 80.5 Å². The van der Waals surface area contributed by atoms with Crippen LogP contribution in [-0.2, 0) is 0 Å². The third-order valence-corrected chi connectivity index (χ3v) is 4.82. The number of hydrogen-bond donors (Lipinski definition) is 1. The van der Waals surface area contributed by atoms with Crippen LogP contribution in [-0.4, -0.2) is 11.2 Å². The number of pyridine rings is 1. The van der Waals surface area contributed by atoms with E-state index in [1.54, 1.807) is 37.4 Å². The molecule has 0 saturated carbocycles. The highest BCUT2D eigenvalue weighted by Gasteiger charge is 2.23. The summed E-state index contributed by atoms with van der Waals surface area (Å²) in [6.45, 7) is 1.56. The summed E-state index contributed by atoms with van der Waals surface area (Å²) in [4.78, 5) is 4.26. The van der Waals surface area contributed by atoms with E-state index >= 15 is 0 Å². The molecule has 7 nitrogen and oxygen atoms in total. The van der Waals surface area contributed by atoms with Crippen LogP contribution >= 0.6 is 23.2 Å². The molecule has 1 N–H and O–H groups in total. The minimum Gasteiger partial charge on any atom is -0.618 e. The third kappa shape index (κ3) is 3.15. The van der Waals surface area contributed by atoms with Crippen LogP contribution in [0.1, 0.15) is 11.4 Å². The second kappa shape index (κ2) is 7.10. The smallest absolute Gasteiger partial charge is 0.305 e. The first kappa shape index (κ1) is 18.2. The average molecular weight is 414 g/mol. The standard InChI is InChI=1S/C19H13Cl2N5O2/c1-11-19(26(28)18-9-13(21)3-5-17(18)25(11)27)10-23-24-15-6-7-22-16-8-12(20)2-4-14(15)16/h2-10H,1H3,(H,22,24)/b23-10+. The van der Waals surface area contributed by atoms with Crippen molar-refractivity contribution >= 4 is 57.0 Å². The molecule has 0 aliphatic carbocycles. The van der Waals surface area contributed by atoms with E-state index in [0.29, 0.717) is 30.7 Å². The lowest BCUT2D eigenvalue weighted by atomic mass is 10.2. The molecule has 0 unspecified atom stereocenters. The molecule has 0 saturated heterocycles. The first-order valence-electron chi connectivity index (χ1n) is 8.24. The lowest BCUT2D eigenvalue weighted by molar-refractivity contribution is -0.634. The van der Waals surface area contributed by atoms with Crippen molar-refractivity contribution < 1.29 is 9.46 Å². The number of anilines is 1. The quantitative estimate of drug-likeness (QED) is 0.239. The Morgan fingerprint density at radius 2 is 1.75 bits per heavy atom. The zero-order valence-corrected chi connectivity index (χ0v) is 16.1. The van der Waals surface area contributed by atoms with Gasteiger partial charge in [0, 0.05) is 40.7 Å². The summed E-state index contributed by atoms with van der Waals surface area (Å²) in [5, 5.41) is 31.1. The summed E-state index contributed by atoms with van der Waals surface area (Å²) in [6.07, 6.45) is 2.93. The Labute approximate surface area is 169 Å². The summed E-state index contributed by atoms with van der Waals surface area (Å²) < 4.78 is 1.33. The van der Waals surface area contributed by atoms with Crippen LogP contribution in [0, 0.1) is 17.3 Å². The van der Waals surface area contributed by atoms with Crippen molar-refractivity contribution in [2.45, 2.75) is 6.92 Å². The van der Waals surface area contributed by atoms with Gasteiger partial charge >= 0.3 is 5.69 Å². The molecule has 2 aromatic heterocycles. The summed E-state index contributed by atoms with van der Waals surface area (Å²) in [5.74, 6) is 0. The van der Waals surface area contributed by atoms with Gasteiger partial charge in [0.25, 0.3) is 16.7 Å². The van der Waals surface area contributed by atoms with E-state index < -0.39 is 0 Å². The first-order chi connectivity index (χ1) is 13.5. The molecule has 0 atom stereocenters. The van der Waals surface area contributed by atoms with E-state index in [2.05, 4.69) is 15.5 Å². The van der Waals surface area contributed by atoms with Gasteiger partial charge < -0.3 is 10.4 Å². The second-order valence-corrected chi connectivity index (χ2v) is 6.96. The van der Waals surface area contributed by atoms with Crippen molar-refractivity contribution in [1.82, 2.24) is 4.98 Å². The molecule has 0 radical (unpaired) electrons. The monoisotopic (exact) mass is 413 g/mol. The van der Waals surface area contributed by atoms with Crippen molar-refractivity contribution in [3.8, 4) is 0 Å². The van der Waals surface area contributed by atoms with Crippen LogP contribution in [0.2, 0.25) is 10.0 Å². The lowest BCUT2D eigenvalue weighted by Crippen LogP contribution is -2.44. The third-order valence-electron chi connectivity index (χ3n) is 4.35. The van der Waals surface area contributed by atoms with Gasteiger partial charge in [-0.3, -0.25) is 10.4 Å². The van der Waals surface area contributed by atoms with Gasteiger partial charge in [-0.05, 0) is 30.3 Å². The minimum atomic E-state index is 0.110. The van der Waals surface area contributed by atoms with Gasteiger partial charge in [-0.2, -0.15) is 14.6 Å². The van der Waals surface area contributed by atoms with Crippen molar-refractivity contribution in [3.63, 3.8) is 0 Å². The molecule has 140 valence electrons. The zero-order chi connectivity index (χ0) is 19.8. The van der Waals surface area contributed by atoms with Gasteiger partial charge in [0.05, 0.1) is 11.2 Å². The van der Waals surface area contributed by atoms with Crippen molar-refractivity contribution in [2.24, 2.45) is 5.10 Å². The Bertz CT molecular complexity index is 1260. The lowest BCUT2D eigenvalue weighted by Gasteiger charge is -2.09.